The third-order valence-electron chi connectivity index (χ3n) is 4.73. The first-order valence-corrected chi connectivity index (χ1v) is 12.3. The van der Waals surface area contributed by atoms with Gasteiger partial charge in [-0.25, -0.2) is 5.43 Å². The Balaban J connectivity index is 1.45. The van der Waals surface area contributed by atoms with E-state index in [1.54, 1.807) is 6.21 Å². The fourth-order valence-corrected chi connectivity index (χ4v) is 4.19. The van der Waals surface area contributed by atoms with Gasteiger partial charge in [-0.1, -0.05) is 94.4 Å². The van der Waals surface area contributed by atoms with Crippen molar-refractivity contribution in [1.29, 1.82) is 0 Å². The number of amides is 1. The Morgan fingerprint density at radius 1 is 1.00 bits per heavy atom. The molecule has 0 spiro atoms. The third kappa shape index (κ3) is 6.30. The Morgan fingerprint density at radius 3 is 2.38 bits per heavy atom. The van der Waals surface area contributed by atoms with E-state index < -0.39 is 0 Å². The number of rotatable bonds is 8. The Kier molecular flexibility index (Phi) is 8.06. The van der Waals surface area contributed by atoms with Crippen molar-refractivity contribution < 1.29 is 4.79 Å². The van der Waals surface area contributed by atoms with Gasteiger partial charge in [-0.2, -0.15) is 5.10 Å². The van der Waals surface area contributed by atoms with Crippen LogP contribution in [0.3, 0.4) is 0 Å². The SMILES string of the molecule is CC(/C=N\NC(=O)CSc1nnc(-c2ccc(Br)cc2)n1-c1ccccc1)=C\c1ccccc1. The van der Waals surface area contributed by atoms with Crippen LogP contribution >= 0.6 is 27.7 Å². The highest BCUT2D eigenvalue weighted by Gasteiger charge is 2.17. The largest absolute Gasteiger partial charge is 0.272 e. The maximum absolute atomic E-state index is 12.4. The van der Waals surface area contributed by atoms with E-state index in [0.29, 0.717) is 11.0 Å². The number of halogens is 1. The molecule has 0 fully saturated rings. The number of aromatic nitrogens is 3. The summed E-state index contributed by atoms with van der Waals surface area (Å²) in [6.07, 6.45) is 3.63. The van der Waals surface area contributed by atoms with Gasteiger partial charge < -0.3 is 0 Å². The van der Waals surface area contributed by atoms with Crippen LogP contribution in [-0.2, 0) is 4.79 Å². The first kappa shape index (κ1) is 23.7. The van der Waals surface area contributed by atoms with Crippen LogP contribution in [0.5, 0.6) is 0 Å². The zero-order chi connectivity index (χ0) is 23.8. The van der Waals surface area contributed by atoms with Gasteiger partial charge in [-0.15, -0.1) is 10.2 Å². The Hall–Kier alpha value is -3.49. The number of hydrogen-bond acceptors (Lipinski definition) is 5. The number of nitrogens with zero attached hydrogens (tertiary/aromatic N) is 4. The smallest absolute Gasteiger partial charge is 0.250 e. The summed E-state index contributed by atoms with van der Waals surface area (Å²) in [5.74, 6) is 0.646. The van der Waals surface area contributed by atoms with E-state index in [1.165, 1.54) is 11.8 Å². The molecule has 34 heavy (non-hydrogen) atoms. The van der Waals surface area contributed by atoms with Gasteiger partial charge in [0.25, 0.3) is 5.91 Å². The van der Waals surface area contributed by atoms with Crippen molar-refractivity contribution in [2.75, 3.05) is 5.75 Å². The molecule has 0 saturated carbocycles. The first-order chi connectivity index (χ1) is 16.6. The van der Waals surface area contributed by atoms with Crippen molar-refractivity contribution >= 4 is 45.9 Å². The fraction of sp³-hybridized carbons (Fsp3) is 0.0769. The molecule has 8 heteroatoms. The Labute approximate surface area is 210 Å². The van der Waals surface area contributed by atoms with E-state index in [1.807, 2.05) is 102 Å². The van der Waals surface area contributed by atoms with E-state index in [9.17, 15) is 4.79 Å². The highest BCUT2D eigenvalue weighted by molar-refractivity contribution is 9.10. The van der Waals surface area contributed by atoms with Gasteiger partial charge in [0, 0.05) is 15.7 Å². The van der Waals surface area contributed by atoms with Crippen LogP contribution in [0.25, 0.3) is 23.2 Å². The Morgan fingerprint density at radius 2 is 1.68 bits per heavy atom. The van der Waals surface area contributed by atoms with Crippen molar-refractivity contribution in [3.63, 3.8) is 0 Å². The van der Waals surface area contributed by atoms with Crippen LogP contribution < -0.4 is 5.43 Å². The monoisotopic (exact) mass is 531 g/mol. The van der Waals surface area contributed by atoms with Crippen LogP contribution in [0.2, 0.25) is 0 Å². The number of carbonyl (C=O) groups excluding carboxylic acids is 1. The van der Waals surface area contributed by atoms with Crippen LogP contribution in [0.4, 0.5) is 0 Å². The molecule has 0 radical (unpaired) electrons. The molecule has 6 nitrogen and oxygen atoms in total. The fourth-order valence-electron chi connectivity index (χ4n) is 3.18. The molecule has 0 bridgehead atoms. The Bertz CT molecular complexity index is 1300. The van der Waals surface area contributed by atoms with Gasteiger partial charge in [0.05, 0.1) is 12.0 Å². The second-order valence-corrected chi connectivity index (χ2v) is 9.22. The van der Waals surface area contributed by atoms with Gasteiger partial charge in [0.1, 0.15) is 0 Å². The van der Waals surface area contributed by atoms with E-state index in [4.69, 9.17) is 0 Å². The van der Waals surface area contributed by atoms with Crippen LogP contribution in [0, 0.1) is 0 Å². The average molecular weight is 532 g/mol. The summed E-state index contributed by atoms with van der Waals surface area (Å²) in [5.41, 5.74) is 6.45. The number of para-hydroxylation sites is 1. The molecule has 170 valence electrons. The number of thioether (sulfide) groups is 1. The topological polar surface area (TPSA) is 72.2 Å². The zero-order valence-electron chi connectivity index (χ0n) is 18.4. The molecule has 4 rings (SSSR count). The molecule has 0 aliphatic heterocycles. The number of allylic oxidation sites excluding steroid dienone is 1. The molecule has 0 unspecified atom stereocenters. The molecule has 0 aliphatic rings. The molecular formula is C26H22BrN5OS. The lowest BCUT2D eigenvalue weighted by Gasteiger charge is -2.10. The van der Waals surface area contributed by atoms with Gasteiger partial charge >= 0.3 is 0 Å². The number of nitrogens with one attached hydrogen (secondary N) is 1. The van der Waals surface area contributed by atoms with Crippen molar-refractivity contribution in [3.8, 4) is 17.1 Å². The summed E-state index contributed by atoms with van der Waals surface area (Å²) in [5, 5.41) is 13.5. The van der Waals surface area contributed by atoms with Gasteiger partial charge in [0.2, 0.25) is 0 Å². The highest BCUT2D eigenvalue weighted by Crippen LogP contribution is 2.28. The second-order valence-electron chi connectivity index (χ2n) is 7.36. The first-order valence-electron chi connectivity index (χ1n) is 10.5. The molecule has 1 N–H and O–H groups in total. The molecule has 0 saturated heterocycles. The summed E-state index contributed by atoms with van der Waals surface area (Å²) in [6.45, 7) is 1.93. The lowest BCUT2D eigenvalue weighted by atomic mass is 10.1. The number of benzene rings is 3. The average Bonchev–Trinajstić information content (AvgIpc) is 3.28. The lowest BCUT2D eigenvalue weighted by molar-refractivity contribution is -0.118. The van der Waals surface area contributed by atoms with Gasteiger partial charge in [-0.3, -0.25) is 9.36 Å². The molecule has 0 aliphatic carbocycles. The van der Waals surface area contributed by atoms with Crippen molar-refractivity contribution in [1.82, 2.24) is 20.2 Å². The minimum atomic E-state index is -0.221. The molecule has 3 aromatic carbocycles. The molecule has 1 amide bonds. The summed E-state index contributed by atoms with van der Waals surface area (Å²) in [4.78, 5) is 12.4. The minimum Gasteiger partial charge on any atom is -0.272 e. The summed E-state index contributed by atoms with van der Waals surface area (Å²) < 4.78 is 2.94. The lowest BCUT2D eigenvalue weighted by Crippen LogP contribution is -2.20. The van der Waals surface area contributed by atoms with Crippen LogP contribution in [0.1, 0.15) is 12.5 Å². The number of hydrazone groups is 1. The van der Waals surface area contributed by atoms with E-state index in [2.05, 4.69) is 36.7 Å². The van der Waals surface area contributed by atoms with Crippen molar-refractivity contribution in [3.05, 3.63) is 101 Å². The molecule has 1 aromatic heterocycles. The standard InChI is InChI=1S/C26H22BrN5OS/c1-19(16-20-8-4-2-5-9-20)17-28-29-24(33)18-34-26-31-30-25(21-12-14-22(27)15-13-21)32(26)23-10-6-3-7-11-23/h2-17H,18H2,1H3,(H,29,33)/b19-16+,28-17-. The predicted octanol–water partition coefficient (Wildman–Crippen LogP) is 5.99. The van der Waals surface area contributed by atoms with Crippen LogP contribution in [0.15, 0.2) is 105 Å². The number of carbonyl (C=O) groups is 1. The van der Waals surface area contributed by atoms with Crippen LogP contribution in [-0.4, -0.2) is 32.6 Å². The third-order valence-corrected chi connectivity index (χ3v) is 6.19. The van der Waals surface area contributed by atoms with Crippen molar-refractivity contribution in [2.45, 2.75) is 12.1 Å². The molecule has 1 heterocycles. The van der Waals surface area contributed by atoms with E-state index >= 15 is 0 Å². The van der Waals surface area contributed by atoms with Gasteiger partial charge in [-0.05, 0) is 42.3 Å². The number of hydrogen-bond donors (Lipinski definition) is 1. The maximum Gasteiger partial charge on any atom is 0.250 e. The molecule has 4 aromatic rings. The summed E-state index contributed by atoms with van der Waals surface area (Å²) in [6, 6.07) is 27.7. The van der Waals surface area contributed by atoms with E-state index in [-0.39, 0.29) is 11.7 Å². The second kappa shape index (κ2) is 11.6. The summed E-state index contributed by atoms with van der Waals surface area (Å²) >= 11 is 4.78. The maximum atomic E-state index is 12.4. The highest BCUT2D eigenvalue weighted by atomic mass is 79.9. The quantitative estimate of drug-likeness (QED) is 0.172. The van der Waals surface area contributed by atoms with Gasteiger partial charge in [0.15, 0.2) is 11.0 Å². The predicted molar refractivity (Wildman–Crippen MR) is 142 cm³/mol. The molecule has 0 atom stereocenters. The normalized spacial score (nSPS) is 11.6. The molecular weight excluding hydrogens is 510 g/mol. The van der Waals surface area contributed by atoms with Crippen molar-refractivity contribution in [2.24, 2.45) is 5.10 Å². The summed E-state index contributed by atoms with van der Waals surface area (Å²) in [7, 11) is 0. The zero-order valence-corrected chi connectivity index (χ0v) is 20.8. The van der Waals surface area contributed by atoms with E-state index in [0.717, 1.165) is 26.9 Å². The minimum absolute atomic E-state index is 0.157.